The van der Waals surface area contributed by atoms with Crippen molar-refractivity contribution >= 4 is 39.9 Å². The van der Waals surface area contributed by atoms with Gasteiger partial charge in [0, 0.05) is 36.7 Å². The summed E-state index contributed by atoms with van der Waals surface area (Å²) in [4.78, 5) is 26.7. The van der Waals surface area contributed by atoms with Crippen molar-refractivity contribution in [3.05, 3.63) is 39.9 Å². The minimum Gasteiger partial charge on any atom is -0.377 e. The smallest absolute Gasteiger partial charge is 0.253 e. The first-order chi connectivity index (χ1) is 12.6. The van der Waals surface area contributed by atoms with Crippen molar-refractivity contribution in [2.75, 3.05) is 25.5 Å². The molecule has 2 aromatic rings. The van der Waals surface area contributed by atoms with Crippen LogP contribution in [0.1, 0.15) is 28.2 Å². The van der Waals surface area contributed by atoms with Gasteiger partial charge in [0.15, 0.2) is 0 Å². The number of carbonyl (C=O) groups excluding carboxylic acids is 2. The van der Waals surface area contributed by atoms with Crippen LogP contribution >= 0.6 is 22.9 Å². The van der Waals surface area contributed by atoms with Gasteiger partial charge in [-0.2, -0.15) is 0 Å². The second-order valence-electron chi connectivity index (χ2n) is 6.00. The lowest BCUT2D eigenvalue weighted by molar-refractivity contribution is -0.121. The van der Waals surface area contributed by atoms with E-state index < -0.39 is 0 Å². The molecule has 7 nitrogen and oxygen atoms in total. The van der Waals surface area contributed by atoms with Gasteiger partial charge in [0.1, 0.15) is 11.6 Å². The van der Waals surface area contributed by atoms with Crippen LogP contribution in [0.5, 0.6) is 0 Å². The van der Waals surface area contributed by atoms with Crippen LogP contribution < -0.4 is 5.32 Å². The molecule has 0 atom stereocenters. The molecule has 2 heterocycles. The highest BCUT2D eigenvalue weighted by Crippen LogP contribution is 2.23. The molecule has 1 fully saturated rings. The molecule has 1 aromatic carbocycles. The maximum Gasteiger partial charge on any atom is 0.253 e. The summed E-state index contributed by atoms with van der Waals surface area (Å²) in [6.07, 6.45) is 1.24. The minimum absolute atomic E-state index is 0.0335. The van der Waals surface area contributed by atoms with Gasteiger partial charge in [0.25, 0.3) is 5.91 Å². The van der Waals surface area contributed by atoms with Crippen LogP contribution in [-0.2, 0) is 16.1 Å². The van der Waals surface area contributed by atoms with E-state index in [1.165, 1.54) is 11.3 Å². The highest BCUT2D eigenvalue weighted by Gasteiger charge is 2.28. The Morgan fingerprint density at radius 1 is 1.27 bits per heavy atom. The van der Waals surface area contributed by atoms with Crippen LogP contribution in [-0.4, -0.2) is 47.1 Å². The number of aromatic nitrogens is 2. The highest BCUT2D eigenvalue weighted by molar-refractivity contribution is 7.15. The molecule has 1 N–H and O–H groups in total. The van der Waals surface area contributed by atoms with Crippen LogP contribution in [0.3, 0.4) is 0 Å². The first kappa shape index (κ1) is 18.8. The number of anilines is 1. The molecule has 3 rings (SSSR count). The van der Waals surface area contributed by atoms with Crippen molar-refractivity contribution in [3.8, 4) is 0 Å². The molecule has 0 spiro atoms. The van der Waals surface area contributed by atoms with Crippen LogP contribution in [0, 0.1) is 5.92 Å². The average molecular weight is 395 g/mol. The van der Waals surface area contributed by atoms with Crippen molar-refractivity contribution in [2.24, 2.45) is 5.92 Å². The number of piperidine rings is 1. The molecule has 1 aromatic heterocycles. The third kappa shape index (κ3) is 4.57. The highest BCUT2D eigenvalue weighted by atomic mass is 35.5. The summed E-state index contributed by atoms with van der Waals surface area (Å²) < 4.78 is 4.99. The van der Waals surface area contributed by atoms with E-state index in [4.69, 9.17) is 16.3 Å². The summed E-state index contributed by atoms with van der Waals surface area (Å²) >= 11 is 7.16. The Hall–Kier alpha value is -2.03. The van der Waals surface area contributed by atoms with E-state index in [1.54, 1.807) is 36.3 Å². The van der Waals surface area contributed by atoms with E-state index in [-0.39, 0.29) is 17.7 Å². The number of amides is 2. The van der Waals surface area contributed by atoms with E-state index in [1.807, 2.05) is 0 Å². The Bertz CT molecular complexity index is 773. The number of halogens is 1. The zero-order chi connectivity index (χ0) is 18.5. The Balaban J connectivity index is 1.51. The molecule has 0 radical (unpaired) electrons. The van der Waals surface area contributed by atoms with E-state index >= 15 is 0 Å². The average Bonchev–Trinajstić information content (AvgIpc) is 3.09. The predicted octanol–water partition coefficient (Wildman–Crippen LogP) is 2.83. The van der Waals surface area contributed by atoms with Gasteiger partial charge in [0.2, 0.25) is 11.0 Å². The molecule has 2 amide bonds. The molecule has 26 heavy (non-hydrogen) atoms. The number of methoxy groups -OCH3 is 1. The number of ether oxygens (including phenoxy) is 1. The zero-order valence-corrected chi connectivity index (χ0v) is 15.8. The van der Waals surface area contributed by atoms with Gasteiger partial charge in [-0.15, -0.1) is 10.2 Å². The fourth-order valence-electron chi connectivity index (χ4n) is 2.81. The summed E-state index contributed by atoms with van der Waals surface area (Å²) in [7, 11) is 1.58. The summed E-state index contributed by atoms with van der Waals surface area (Å²) in [6, 6.07) is 6.84. The van der Waals surface area contributed by atoms with Gasteiger partial charge in [-0.05, 0) is 37.1 Å². The Morgan fingerprint density at radius 3 is 2.62 bits per heavy atom. The van der Waals surface area contributed by atoms with E-state index in [9.17, 15) is 9.59 Å². The first-order valence-corrected chi connectivity index (χ1v) is 9.43. The number of nitrogens with one attached hydrogen (secondary N) is 1. The van der Waals surface area contributed by atoms with Crippen molar-refractivity contribution < 1.29 is 14.3 Å². The lowest BCUT2D eigenvalue weighted by Crippen LogP contribution is -2.41. The fourth-order valence-corrected chi connectivity index (χ4v) is 3.65. The van der Waals surface area contributed by atoms with Gasteiger partial charge >= 0.3 is 0 Å². The quantitative estimate of drug-likeness (QED) is 0.842. The lowest BCUT2D eigenvalue weighted by Gasteiger charge is -2.31. The number of hydrogen-bond donors (Lipinski definition) is 1. The summed E-state index contributed by atoms with van der Waals surface area (Å²) in [5, 5.41) is 12.5. The number of benzene rings is 1. The van der Waals surface area contributed by atoms with Gasteiger partial charge in [0.05, 0.1) is 0 Å². The normalized spacial score (nSPS) is 15.1. The van der Waals surface area contributed by atoms with Gasteiger partial charge in [-0.3, -0.25) is 9.59 Å². The molecule has 1 saturated heterocycles. The van der Waals surface area contributed by atoms with Crippen molar-refractivity contribution in [2.45, 2.75) is 19.4 Å². The van der Waals surface area contributed by atoms with Crippen molar-refractivity contribution in [1.29, 1.82) is 0 Å². The van der Waals surface area contributed by atoms with Crippen LogP contribution in [0.15, 0.2) is 24.3 Å². The zero-order valence-electron chi connectivity index (χ0n) is 14.3. The van der Waals surface area contributed by atoms with E-state index in [0.717, 1.165) is 0 Å². The molecule has 1 aliphatic heterocycles. The largest absolute Gasteiger partial charge is 0.377 e. The van der Waals surface area contributed by atoms with Gasteiger partial charge in [-0.1, -0.05) is 22.9 Å². The molecular weight excluding hydrogens is 376 g/mol. The monoisotopic (exact) mass is 394 g/mol. The summed E-state index contributed by atoms with van der Waals surface area (Å²) in [6.45, 7) is 1.47. The third-order valence-electron chi connectivity index (χ3n) is 4.21. The SMILES string of the molecule is COCc1nnc(NC(=O)C2CCN(C(=O)c3ccc(Cl)cc3)CC2)s1. The van der Waals surface area contributed by atoms with Crippen LogP contribution in [0.25, 0.3) is 0 Å². The minimum atomic E-state index is -0.140. The predicted molar refractivity (Wildman–Crippen MR) is 99.3 cm³/mol. The lowest BCUT2D eigenvalue weighted by atomic mass is 9.95. The number of rotatable bonds is 5. The molecular formula is C17H19ClN4O3S. The van der Waals surface area contributed by atoms with Gasteiger partial charge in [-0.25, -0.2) is 0 Å². The molecule has 0 unspecified atom stereocenters. The van der Waals surface area contributed by atoms with Gasteiger partial charge < -0.3 is 15.0 Å². The number of likely N-dealkylation sites (tertiary alicyclic amines) is 1. The Kier molecular flexibility index (Phi) is 6.18. The molecule has 0 saturated carbocycles. The van der Waals surface area contributed by atoms with E-state index in [0.29, 0.717) is 53.3 Å². The third-order valence-corrected chi connectivity index (χ3v) is 5.27. The molecule has 138 valence electrons. The molecule has 1 aliphatic rings. The van der Waals surface area contributed by atoms with Crippen LogP contribution in [0.2, 0.25) is 5.02 Å². The maximum absolute atomic E-state index is 12.5. The second-order valence-corrected chi connectivity index (χ2v) is 7.50. The maximum atomic E-state index is 12.5. The summed E-state index contributed by atoms with van der Waals surface area (Å²) in [5.74, 6) is -0.253. The Morgan fingerprint density at radius 2 is 1.96 bits per heavy atom. The number of hydrogen-bond acceptors (Lipinski definition) is 6. The van der Waals surface area contributed by atoms with E-state index in [2.05, 4.69) is 15.5 Å². The number of carbonyl (C=O) groups is 2. The summed E-state index contributed by atoms with van der Waals surface area (Å²) in [5.41, 5.74) is 0.608. The standard InChI is InChI=1S/C17H19ClN4O3S/c1-25-10-14-20-21-17(26-14)19-15(23)11-6-8-22(9-7-11)16(24)12-2-4-13(18)5-3-12/h2-5,11H,6-10H2,1H3,(H,19,21,23). The molecule has 0 aliphatic carbocycles. The van der Waals surface area contributed by atoms with Crippen molar-refractivity contribution in [3.63, 3.8) is 0 Å². The van der Waals surface area contributed by atoms with Crippen molar-refractivity contribution in [1.82, 2.24) is 15.1 Å². The Labute approximate surface area is 160 Å². The topological polar surface area (TPSA) is 84.4 Å². The second kappa shape index (κ2) is 8.57. The first-order valence-electron chi connectivity index (χ1n) is 8.24. The molecule has 0 bridgehead atoms. The molecule has 9 heteroatoms. The van der Waals surface area contributed by atoms with Crippen LogP contribution in [0.4, 0.5) is 5.13 Å². The number of nitrogens with zero attached hydrogens (tertiary/aromatic N) is 3. The fraction of sp³-hybridized carbons (Fsp3) is 0.412.